The van der Waals surface area contributed by atoms with E-state index < -0.39 is 5.91 Å². The molecule has 1 aromatic carbocycles. The van der Waals surface area contributed by atoms with Gasteiger partial charge in [-0.05, 0) is 36.1 Å². The van der Waals surface area contributed by atoms with Crippen LogP contribution >= 0.6 is 0 Å². The van der Waals surface area contributed by atoms with Gasteiger partial charge in [-0.25, -0.2) is 0 Å². The zero-order chi connectivity index (χ0) is 17.3. The zero-order valence-corrected chi connectivity index (χ0v) is 14.0. The zero-order valence-electron chi connectivity index (χ0n) is 14.0. The number of amides is 1. The summed E-state index contributed by atoms with van der Waals surface area (Å²) < 4.78 is 5.75. The van der Waals surface area contributed by atoms with Crippen molar-refractivity contribution in [3.8, 4) is 0 Å². The number of carbonyl (C=O) groups is 1. The molecule has 6 nitrogen and oxygen atoms in total. The van der Waals surface area contributed by atoms with E-state index in [1.54, 1.807) is 0 Å². The molecule has 1 amide bonds. The predicted molar refractivity (Wildman–Crippen MR) is 93.9 cm³/mol. The van der Waals surface area contributed by atoms with Crippen LogP contribution in [0.3, 0.4) is 0 Å². The molecule has 0 aliphatic carbocycles. The molecule has 3 rings (SSSR count). The van der Waals surface area contributed by atoms with Crippen LogP contribution in [0.25, 0.3) is 0 Å². The first kappa shape index (κ1) is 16.7. The summed E-state index contributed by atoms with van der Waals surface area (Å²) in [7, 11) is 0. The Labute approximate surface area is 142 Å². The van der Waals surface area contributed by atoms with Crippen LogP contribution in [0.2, 0.25) is 0 Å². The molecule has 2 aliphatic heterocycles. The molecule has 1 aromatic rings. The van der Waals surface area contributed by atoms with Crippen molar-refractivity contribution in [1.29, 1.82) is 5.41 Å². The summed E-state index contributed by atoms with van der Waals surface area (Å²) in [4.78, 5) is 12.1. The highest BCUT2D eigenvalue weighted by Gasteiger charge is 2.49. The minimum Gasteiger partial charge on any atom is -0.402 e. The highest BCUT2D eigenvalue weighted by molar-refractivity contribution is 6.46. The molecule has 0 radical (unpaired) electrons. The average molecular weight is 328 g/mol. The molecule has 6 heteroatoms. The van der Waals surface area contributed by atoms with Crippen LogP contribution < -0.4 is 16.4 Å². The SMILES string of the molecule is CC(C)CC(N)=CC(=N)C(=O)Nc1ccc([C@@H]2OC3CN[C@H]32)cc1. The van der Waals surface area contributed by atoms with Crippen LogP contribution in [-0.4, -0.2) is 30.3 Å². The van der Waals surface area contributed by atoms with Crippen molar-refractivity contribution in [1.82, 2.24) is 5.32 Å². The van der Waals surface area contributed by atoms with E-state index in [9.17, 15) is 4.79 Å². The predicted octanol–water partition coefficient (Wildman–Crippen LogP) is 1.95. The first-order chi connectivity index (χ1) is 11.4. The van der Waals surface area contributed by atoms with Gasteiger partial charge < -0.3 is 21.1 Å². The Bertz CT molecular complexity index is 666. The third kappa shape index (κ3) is 3.49. The van der Waals surface area contributed by atoms with Crippen molar-refractivity contribution in [2.24, 2.45) is 11.7 Å². The van der Waals surface area contributed by atoms with E-state index in [0.717, 1.165) is 12.1 Å². The van der Waals surface area contributed by atoms with Gasteiger partial charge >= 0.3 is 0 Å². The van der Waals surface area contributed by atoms with E-state index in [4.69, 9.17) is 15.9 Å². The van der Waals surface area contributed by atoms with Crippen LogP contribution in [0, 0.1) is 11.3 Å². The highest BCUT2D eigenvalue weighted by atomic mass is 16.5. The number of nitrogens with two attached hydrogens (primary N) is 1. The largest absolute Gasteiger partial charge is 0.402 e. The fourth-order valence-corrected chi connectivity index (χ4v) is 2.99. The van der Waals surface area contributed by atoms with Gasteiger partial charge in [-0.3, -0.25) is 10.2 Å². The Morgan fingerprint density at radius 2 is 2.17 bits per heavy atom. The number of allylic oxidation sites excluding steroid dienone is 1. The smallest absolute Gasteiger partial charge is 0.273 e. The van der Waals surface area contributed by atoms with Gasteiger partial charge in [0.1, 0.15) is 11.8 Å². The molecule has 3 atom stereocenters. The Morgan fingerprint density at radius 3 is 2.67 bits per heavy atom. The second kappa shape index (κ2) is 6.75. The van der Waals surface area contributed by atoms with E-state index in [2.05, 4.69) is 10.6 Å². The monoisotopic (exact) mass is 328 g/mol. The van der Waals surface area contributed by atoms with Gasteiger partial charge in [0.25, 0.3) is 5.91 Å². The molecule has 128 valence electrons. The lowest BCUT2D eigenvalue weighted by Crippen LogP contribution is -2.69. The average Bonchev–Trinajstić information content (AvgIpc) is 2.50. The molecule has 2 saturated heterocycles. The molecule has 24 heavy (non-hydrogen) atoms. The second-order valence-corrected chi connectivity index (χ2v) is 6.84. The standard InChI is InChI=1S/C18H24N4O2/c1-10(2)7-12(19)8-14(20)18(23)22-13-5-3-11(4-6-13)17-16-15(24-17)9-21-16/h3-6,8,10,15-17,20-21H,7,9,19H2,1-2H3,(H,22,23)/t15?,16-,17+/m1/s1. The van der Waals surface area contributed by atoms with Crippen LogP contribution in [0.5, 0.6) is 0 Å². The third-order valence-corrected chi connectivity index (χ3v) is 4.32. The number of nitrogens with one attached hydrogen (secondary N) is 3. The number of fused-ring (bicyclic) bond motifs is 1. The highest BCUT2D eigenvalue weighted by Crippen LogP contribution is 2.39. The van der Waals surface area contributed by atoms with Gasteiger partial charge in [-0.1, -0.05) is 26.0 Å². The topological polar surface area (TPSA) is 100 Å². The number of anilines is 1. The van der Waals surface area contributed by atoms with E-state index in [1.165, 1.54) is 6.08 Å². The van der Waals surface area contributed by atoms with Crippen molar-refractivity contribution in [3.05, 3.63) is 41.6 Å². The molecule has 0 bridgehead atoms. The summed E-state index contributed by atoms with van der Waals surface area (Å²) in [6.45, 7) is 5.02. The fourth-order valence-electron chi connectivity index (χ4n) is 2.99. The summed E-state index contributed by atoms with van der Waals surface area (Å²) in [5.41, 5.74) is 7.99. The molecule has 2 fully saturated rings. The maximum absolute atomic E-state index is 12.1. The molecule has 2 heterocycles. The maximum Gasteiger partial charge on any atom is 0.273 e. The van der Waals surface area contributed by atoms with Gasteiger partial charge in [0.15, 0.2) is 0 Å². The Balaban J connectivity index is 1.55. The number of benzene rings is 1. The van der Waals surface area contributed by atoms with Crippen LogP contribution in [0.15, 0.2) is 36.0 Å². The lowest BCUT2D eigenvalue weighted by atomic mass is 9.86. The molecular weight excluding hydrogens is 304 g/mol. The molecule has 1 unspecified atom stereocenters. The molecule has 0 aromatic heterocycles. The van der Waals surface area contributed by atoms with Crippen molar-refractivity contribution in [2.45, 2.75) is 38.5 Å². The number of hydrogen-bond acceptors (Lipinski definition) is 5. The van der Waals surface area contributed by atoms with E-state index in [0.29, 0.717) is 35.9 Å². The van der Waals surface area contributed by atoms with Crippen LogP contribution in [-0.2, 0) is 9.53 Å². The van der Waals surface area contributed by atoms with Crippen molar-refractivity contribution in [2.75, 3.05) is 11.9 Å². The summed E-state index contributed by atoms with van der Waals surface area (Å²) >= 11 is 0. The minimum absolute atomic E-state index is 0.102. The summed E-state index contributed by atoms with van der Waals surface area (Å²) in [5.74, 6) is -0.0711. The lowest BCUT2D eigenvalue weighted by Gasteiger charge is -2.53. The van der Waals surface area contributed by atoms with Gasteiger partial charge in [-0.15, -0.1) is 0 Å². The Morgan fingerprint density at radius 1 is 1.46 bits per heavy atom. The number of morpholine rings is 1. The maximum atomic E-state index is 12.1. The van der Waals surface area contributed by atoms with Crippen LogP contribution in [0.4, 0.5) is 5.69 Å². The molecular formula is C18H24N4O2. The van der Waals surface area contributed by atoms with Gasteiger partial charge in [-0.2, -0.15) is 0 Å². The number of rotatable bonds is 6. The van der Waals surface area contributed by atoms with Gasteiger partial charge in [0, 0.05) is 17.9 Å². The van der Waals surface area contributed by atoms with E-state index in [-0.39, 0.29) is 11.8 Å². The van der Waals surface area contributed by atoms with Gasteiger partial charge in [0.2, 0.25) is 0 Å². The first-order valence-corrected chi connectivity index (χ1v) is 8.29. The van der Waals surface area contributed by atoms with Crippen LogP contribution in [0.1, 0.15) is 31.9 Å². The van der Waals surface area contributed by atoms with Gasteiger partial charge in [0.05, 0.1) is 12.1 Å². The fraction of sp³-hybridized carbons (Fsp3) is 0.444. The lowest BCUT2D eigenvalue weighted by molar-refractivity contribution is -0.203. The number of carbonyl (C=O) groups excluding carboxylic acids is 1. The summed E-state index contributed by atoms with van der Waals surface area (Å²) in [6, 6.07) is 7.98. The Kier molecular flexibility index (Phi) is 4.69. The third-order valence-electron chi connectivity index (χ3n) is 4.32. The Hall–Kier alpha value is -2.18. The minimum atomic E-state index is -0.463. The van der Waals surface area contributed by atoms with Crippen molar-refractivity contribution >= 4 is 17.3 Å². The van der Waals surface area contributed by atoms with Crippen molar-refractivity contribution < 1.29 is 9.53 Å². The first-order valence-electron chi connectivity index (χ1n) is 8.29. The molecule has 0 spiro atoms. The molecule has 5 N–H and O–H groups in total. The summed E-state index contributed by atoms with van der Waals surface area (Å²) in [5, 5.41) is 13.9. The second-order valence-electron chi connectivity index (χ2n) is 6.84. The molecule has 0 saturated carbocycles. The normalized spacial score (nSPS) is 25.5. The van der Waals surface area contributed by atoms with Crippen molar-refractivity contribution in [3.63, 3.8) is 0 Å². The summed E-state index contributed by atoms with van der Waals surface area (Å²) in [6.07, 6.45) is 2.56. The number of hydrogen-bond donors (Lipinski definition) is 4. The molecule has 2 aliphatic rings. The quantitative estimate of drug-likeness (QED) is 0.600. The van der Waals surface area contributed by atoms with E-state index >= 15 is 0 Å². The van der Waals surface area contributed by atoms with E-state index in [1.807, 2.05) is 38.1 Å². The number of ether oxygens (including phenoxy) is 1.